The third-order valence-electron chi connectivity index (χ3n) is 5.65. The highest BCUT2D eigenvalue weighted by Gasteiger charge is 2.33. The number of hydrogen-bond donors (Lipinski definition) is 0. The zero-order chi connectivity index (χ0) is 25.1. The number of carbonyl (C=O) groups excluding carboxylic acids is 1. The summed E-state index contributed by atoms with van der Waals surface area (Å²) < 4.78 is 23.3. The predicted molar refractivity (Wildman–Crippen MR) is 133 cm³/mol. The second-order valence-corrected chi connectivity index (χ2v) is 8.70. The predicted octanol–water partition coefficient (Wildman–Crippen LogP) is 2.82. The summed E-state index contributed by atoms with van der Waals surface area (Å²) in [6.07, 6.45) is 1.78. The normalized spacial score (nSPS) is 15.3. The molecule has 0 saturated heterocycles. The SMILES string of the molecule is CCOC(=O)C1=C(C)N=c2s/c(=C/c3ccc(OC)c(OC)c3)c(=O)n2[C@@H]1c1ccc(OC)cc1. The minimum Gasteiger partial charge on any atom is -0.497 e. The molecule has 0 unspecified atom stereocenters. The number of fused-ring (bicyclic) bond motifs is 1. The van der Waals surface area contributed by atoms with Gasteiger partial charge in [-0.3, -0.25) is 9.36 Å². The minimum atomic E-state index is -0.677. The average Bonchev–Trinajstić information content (AvgIpc) is 3.17. The Bertz CT molecular complexity index is 1470. The molecular formula is C26H26N2O6S. The van der Waals surface area contributed by atoms with Crippen molar-refractivity contribution in [3.8, 4) is 17.2 Å². The van der Waals surface area contributed by atoms with Gasteiger partial charge >= 0.3 is 5.97 Å². The molecule has 0 bridgehead atoms. The molecule has 2 aromatic carbocycles. The maximum Gasteiger partial charge on any atom is 0.338 e. The quantitative estimate of drug-likeness (QED) is 0.470. The van der Waals surface area contributed by atoms with Crippen molar-refractivity contribution < 1.29 is 23.7 Å². The zero-order valence-electron chi connectivity index (χ0n) is 20.2. The number of carbonyl (C=O) groups is 1. The van der Waals surface area contributed by atoms with Crippen LogP contribution in [0.1, 0.15) is 31.0 Å². The summed E-state index contributed by atoms with van der Waals surface area (Å²) in [7, 11) is 4.71. The Morgan fingerprint density at radius 1 is 1.06 bits per heavy atom. The van der Waals surface area contributed by atoms with Crippen LogP contribution in [0.25, 0.3) is 6.08 Å². The van der Waals surface area contributed by atoms with Crippen molar-refractivity contribution in [2.45, 2.75) is 19.9 Å². The van der Waals surface area contributed by atoms with E-state index in [1.807, 2.05) is 18.2 Å². The molecule has 182 valence electrons. The molecule has 1 aromatic heterocycles. The van der Waals surface area contributed by atoms with Crippen molar-refractivity contribution in [3.63, 3.8) is 0 Å². The summed E-state index contributed by atoms with van der Waals surface area (Å²) in [5.41, 5.74) is 2.13. The number of allylic oxidation sites excluding steroid dienone is 1. The lowest BCUT2D eigenvalue weighted by Crippen LogP contribution is -2.39. The van der Waals surface area contributed by atoms with Crippen molar-refractivity contribution in [1.82, 2.24) is 4.57 Å². The third-order valence-corrected chi connectivity index (χ3v) is 6.64. The van der Waals surface area contributed by atoms with E-state index in [1.165, 1.54) is 11.3 Å². The summed E-state index contributed by atoms with van der Waals surface area (Å²) in [5.74, 6) is 1.34. The first-order valence-electron chi connectivity index (χ1n) is 11.0. The van der Waals surface area contributed by atoms with Gasteiger partial charge in [-0.15, -0.1) is 0 Å². The number of ether oxygens (including phenoxy) is 4. The van der Waals surface area contributed by atoms with Crippen LogP contribution < -0.4 is 29.1 Å². The number of rotatable bonds is 7. The summed E-state index contributed by atoms with van der Waals surface area (Å²) in [5, 5.41) is 0. The molecule has 0 fully saturated rings. The fraction of sp³-hybridized carbons (Fsp3) is 0.269. The van der Waals surface area contributed by atoms with E-state index >= 15 is 0 Å². The van der Waals surface area contributed by atoms with E-state index in [0.29, 0.717) is 37.9 Å². The zero-order valence-corrected chi connectivity index (χ0v) is 21.0. The molecule has 8 nitrogen and oxygen atoms in total. The van der Waals surface area contributed by atoms with Crippen molar-refractivity contribution in [2.24, 2.45) is 4.99 Å². The third kappa shape index (κ3) is 4.59. The Hall–Kier alpha value is -3.85. The van der Waals surface area contributed by atoms with Crippen LogP contribution in [0.5, 0.6) is 17.2 Å². The fourth-order valence-corrected chi connectivity index (χ4v) is 5.03. The van der Waals surface area contributed by atoms with Crippen LogP contribution in [0.15, 0.2) is 63.5 Å². The van der Waals surface area contributed by atoms with Crippen LogP contribution in [0, 0.1) is 0 Å². The lowest BCUT2D eigenvalue weighted by molar-refractivity contribution is -0.139. The summed E-state index contributed by atoms with van der Waals surface area (Å²) in [4.78, 5) is 31.7. The standard InChI is InChI=1S/C26H26N2O6S/c1-6-34-25(30)22-15(2)27-26-28(23(22)17-8-10-18(31-3)11-9-17)24(29)21(35-26)14-16-7-12-19(32-4)20(13-16)33-5/h7-14,23H,6H2,1-5H3/b21-14+/t23-/m1/s1. The van der Waals surface area contributed by atoms with Gasteiger partial charge in [0.05, 0.1) is 49.8 Å². The van der Waals surface area contributed by atoms with E-state index in [4.69, 9.17) is 18.9 Å². The minimum absolute atomic E-state index is 0.217. The number of nitrogens with zero attached hydrogens (tertiary/aromatic N) is 2. The molecule has 0 radical (unpaired) electrons. The molecule has 0 aliphatic carbocycles. The Kier molecular flexibility index (Phi) is 7.07. The number of benzene rings is 2. The maximum atomic E-state index is 13.7. The number of hydrogen-bond acceptors (Lipinski definition) is 8. The highest BCUT2D eigenvalue weighted by Crippen LogP contribution is 2.32. The van der Waals surface area contributed by atoms with Gasteiger partial charge in [-0.05, 0) is 55.3 Å². The summed E-state index contributed by atoms with van der Waals surface area (Å²) in [6, 6.07) is 12.0. The molecule has 0 amide bonds. The van der Waals surface area contributed by atoms with Crippen LogP contribution in [0.3, 0.4) is 0 Å². The van der Waals surface area contributed by atoms with Gasteiger partial charge in [-0.2, -0.15) is 0 Å². The average molecular weight is 495 g/mol. The van der Waals surface area contributed by atoms with Crippen molar-refractivity contribution in [3.05, 3.63) is 84.5 Å². The number of methoxy groups -OCH3 is 3. The fourth-order valence-electron chi connectivity index (χ4n) is 3.99. The Balaban J connectivity index is 1.91. The smallest absolute Gasteiger partial charge is 0.338 e. The highest BCUT2D eigenvalue weighted by molar-refractivity contribution is 7.07. The molecule has 0 saturated carbocycles. The topological polar surface area (TPSA) is 88.4 Å². The number of thiazole rings is 1. The molecule has 1 aliphatic heterocycles. The number of aromatic nitrogens is 1. The van der Waals surface area contributed by atoms with E-state index < -0.39 is 12.0 Å². The van der Waals surface area contributed by atoms with Crippen LogP contribution in [0.2, 0.25) is 0 Å². The van der Waals surface area contributed by atoms with Gasteiger partial charge in [0.25, 0.3) is 5.56 Å². The van der Waals surface area contributed by atoms with Gasteiger partial charge in [0.1, 0.15) is 5.75 Å². The second kappa shape index (κ2) is 10.2. The first kappa shape index (κ1) is 24.3. The highest BCUT2D eigenvalue weighted by atomic mass is 32.1. The molecule has 1 aliphatic rings. The van der Waals surface area contributed by atoms with Crippen molar-refractivity contribution in [1.29, 1.82) is 0 Å². The van der Waals surface area contributed by atoms with Gasteiger partial charge in [-0.1, -0.05) is 29.5 Å². The van der Waals surface area contributed by atoms with Crippen molar-refractivity contribution in [2.75, 3.05) is 27.9 Å². The summed E-state index contributed by atoms with van der Waals surface area (Å²) in [6.45, 7) is 3.72. The molecule has 3 aromatic rings. The number of esters is 1. The van der Waals surface area contributed by atoms with Gasteiger partial charge < -0.3 is 18.9 Å². The largest absolute Gasteiger partial charge is 0.497 e. The molecule has 35 heavy (non-hydrogen) atoms. The van der Waals surface area contributed by atoms with E-state index in [2.05, 4.69) is 4.99 Å². The molecule has 4 rings (SSSR count). The van der Waals surface area contributed by atoms with Gasteiger partial charge in [-0.25, -0.2) is 9.79 Å². The molecule has 0 spiro atoms. The maximum absolute atomic E-state index is 13.7. The van der Waals surface area contributed by atoms with Gasteiger partial charge in [0.15, 0.2) is 16.3 Å². The first-order valence-corrected chi connectivity index (χ1v) is 11.8. The second-order valence-electron chi connectivity index (χ2n) is 7.69. The Labute approximate surface area is 206 Å². The Morgan fingerprint density at radius 2 is 1.77 bits per heavy atom. The van der Waals surface area contributed by atoms with Crippen LogP contribution in [-0.2, 0) is 9.53 Å². The van der Waals surface area contributed by atoms with E-state index in [0.717, 1.165) is 11.1 Å². The van der Waals surface area contributed by atoms with Crippen LogP contribution in [0.4, 0.5) is 0 Å². The van der Waals surface area contributed by atoms with Gasteiger partial charge in [0.2, 0.25) is 0 Å². The first-order chi connectivity index (χ1) is 16.9. The molecule has 1 atom stereocenters. The lowest BCUT2D eigenvalue weighted by atomic mass is 9.96. The van der Waals surface area contributed by atoms with E-state index in [1.54, 1.807) is 70.1 Å². The molecular weight excluding hydrogens is 468 g/mol. The molecule has 9 heteroatoms. The monoisotopic (exact) mass is 494 g/mol. The summed E-state index contributed by atoms with van der Waals surface area (Å²) >= 11 is 1.26. The Morgan fingerprint density at radius 3 is 2.40 bits per heavy atom. The van der Waals surface area contributed by atoms with Gasteiger partial charge in [0, 0.05) is 0 Å². The lowest BCUT2D eigenvalue weighted by Gasteiger charge is -2.24. The van der Waals surface area contributed by atoms with E-state index in [-0.39, 0.29) is 12.2 Å². The van der Waals surface area contributed by atoms with Crippen LogP contribution >= 0.6 is 11.3 Å². The van der Waals surface area contributed by atoms with Crippen LogP contribution in [-0.4, -0.2) is 38.5 Å². The van der Waals surface area contributed by atoms with Crippen molar-refractivity contribution >= 4 is 23.4 Å². The molecule has 2 heterocycles. The van der Waals surface area contributed by atoms with E-state index in [9.17, 15) is 9.59 Å². The molecule has 0 N–H and O–H groups in total.